The van der Waals surface area contributed by atoms with Gasteiger partial charge in [-0.1, -0.05) is 12.1 Å². The second-order valence-corrected chi connectivity index (χ2v) is 15.3. The first-order valence-corrected chi connectivity index (χ1v) is 19.2. The van der Waals surface area contributed by atoms with Crippen LogP contribution in [-0.2, 0) is 54.0 Å². The number of fused-ring (bicyclic) bond motifs is 1. The molecule has 1 aromatic carbocycles. The number of imide groups is 1. The Hall–Kier alpha value is -5.47. The van der Waals surface area contributed by atoms with Gasteiger partial charge in [-0.25, -0.2) is 28.6 Å². The van der Waals surface area contributed by atoms with Crippen LogP contribution in [0.1, 0.15) is 90.4 Å². The number of nitrogens with zero attached hydrogens (tertiary/aromatic N) is 5. The highest BCUT2D eigenvalue weighted by molar-refractivity contribution is 6.29. The molecule has 330 valence electrons. The molecular weight excluding hydrogens is 815 g/mol. The zero-order valence-electron chi connectivity index (χ0n) is 35.3. The number of imidazole rings is 1. The maximum Gasteiger partial charge on any atom is 0.425 e. The van der Waals surface area contributed by atoms with E-state index >= 15 is 4.39 Å². The van der Waals surface area contributed by atoms with E-state index in [2.05, 4.69) is 25.0 Å². The number of alkyl halides is 1. The Kier molecular flexibility index (Phi) is 17.3. The van der Waals surface area contributed by atoms with Crippen LogP contribution in [-0.4, -0.2) is 119 Å². The highest BCUT2D eigenvalue weighted by Crippen LogP contribution is 2.32. The average Bonchev–Trinajstić information content (AvgIpc) is 3.58. The normalized spacial score (nSPS) is 12.9. The van der Waals surface area contributed by atoms with Gasteiger partial charge in [-0.2, -0.15) is 14.9 Å². The van der Waals surface area contributed by atoms with Gasteiger partial charge in [0.15, 0.2) is 23.3 Å². The fourth-order valence-corrected chi connectivity index (χ4v) is 5.49. The predicted octanol–water partition coefficient (Wildman–Crippen LogP) is 5.45. The van der Waals surface area contributed by atoms with E-state index in [-0.39, 0.29) is 42.9 Å². The summed E-state index contributed by atoms with van der Waals surface area (Å²) in [4.78, 5) is 90.9. The van der Waals surface area contributed by atoms with Crippen LogP contribution in [0.2, 0.25) is 5.28 Å². The lowest BCUT2D eigenvalue weighted by Gasteiger charge is -2.31. The fourth-order valence-electron chi connectivity index (χ4n) is 5.33. The Morgan fingerprint density at radius 3 is 1.95 bits per heavy atom. The van der Waals surface area contributed by atoms with E-state index in [4.69, 9.17) is 40.0 Å². The molecule has 0 spiro atoms. The molecule has 2 aromatic heterocycles. The Morgan fingerprint density at radius 2 is 1.45 bits per heavy atom. The first-order valence-electron chi connectivity index (χ1n) is 18.8. The molecule has 0 aliphatic rings. The quantitative estimate of drug-likeness (QED) is 0.0726. The number of benzene rings is 1. The third-order valence-electron chi connectivity index (χ3n) is 8.07. The van der Waals surface area contributed by atoms with Gasteiger partial charge in [0.25, 0.3) is 11.5 Å². The van der Waals surface area contributed by atoms with Crippen molar-refractivity contribution >= 4 is 64.6 Å². The maximum atomic E-state index is 16.4. The number of anilines is 1. The largest absolute Gasteiger partial charge is 0.469 e. The molecule has 3 aromatic rings. The Labute approximate surface area is 351 Å². The molecule has 3 rings (SSSR count). The van der Waals surface area contributed by atoms with Gasteiger partial charge in [0, 0.05) is 32.1 Å². The lowest BCUT2D eigenvalue weighted by molar-refractivity contribution is -0.195. The van der Waals surface area contributed by atoms with Gasteiger partial charge in [-0.3, -0.25) is 14.2 Å². The number of esters is 3. The van der Waals surface area contributed by atoms with E-state index in [0.717, 1.165) is 10.9 Å². The molecule has 0 aliphatic heterocycles. The van der Waals surface area contributed by atoms with E-state index in [1.54, 1.807) is 41.5 Å². The van der Waals surface area contributed by atoms with E-state index in [1.807, 2.05) is 0 Å². The van der Waals surface area contributed by atoms with Crippen molar-refractivity contribution < 1.29 is 66.3 Å². The first-order chi connectivity index (χ1) is 28.1. The summed E-state index contributed by atoms with van der Waals surface area (Å²) in [6.07, 6.45) is -5.36. The lowest BCUT2D eigenvalue weighted by Crippen LogP contribution is -2.54. The van der Waals surface area contributed by atoms with Gasteiger partial charge in [0.1, 0.15) is 11.2 Å². The Morgan fingerprint density at radius 1 is 0.883 bits per heavy atom. The molecular formula is C39H52ClFN6O13. The number of carbonyl (C=O) groups excluding carboxylic acids is 6. The van der Waals surface area contributed by atoms with Gasteiger partial charge in [-0.05, 0) is 84.7 Å². The summed E-state index contributed by atoms with van der Waals surface area (Å²) in [7, 11) is 2.49. The zero-order chi connectivity index (χ0) is 45.0. The number of methoxy groups -OCH3 is 2. The number of halogens is 2. The molecule has 0 aliphatic carbocycles. The summed E-state index contributed by atoms with van der Waals surface area (Å²) in [6.45, 7) is 11.8. The molecule has 19 nitrogen and oxygen atoms in total. The van der Waals surface area contributed by atoms with Crippen molar-refractivity contribution in [3.63, 3.8) is 0 Å². The highest BCUT2D eigenvalue weighted by atomic mass is 35.5. The monoisotopic (exact) mass is 866 g/mol. The summed E-state index contributed by atoms with van der Waals surface area (Å²) in [5.41, 5.74) is -4.35. The van der Waals surface area contributed by atoms with E-state index in [9.17, 15) is 28.8 Å². The molecule has 3 amide bonds. The summed E-state index contributed by atoms with van der Waals surface area (Å²) < 4.78 is 54.9. The van der Waals surface area contributed by atoms with Crippen LogP contribution in [0.3, 0.4) is 0 Å². The van der Waals surface area contributed by atoms with Gasteiger partial charge in [0.05, 0.1) is 45.8 Å². The van der Waals surface area contributed by atoms with E-state index in [1.165, 1.54) is 52.3 Å². The smallest absolute Gasteiger partial charge is 0.425 e. The molecule has 60 heavy (non-hydrogen) atoms. The van der Waals surface area contributed by atoms with Crippen LogP contribution in [0, 0.1) is 0 Å². The van der Waals surface area contributed by atoms with E-state index in [0.29, 0.717) is 10.5 Å². The molecule has 0 bridgehead atoms. The molecule has 2 unspecified atom stereocenters. The first kappa shape index (κ1) is 48.9. The number of carbonyl (C=O) groups is 6. The SMILES string of the molecule is CCOC(=O)C(Cc1ccc(C(=O)NCCC(=O)OC)cc1)(OCC(CC(F)n1cnc2c(N(C(=O)OC(C)(C)C)C(=O)OC(C)(C)C)nc(Cl)nc21)OC)C(=O)OCC. The molecule has 21 heteroatoms. The highest BCUT2D eigenvalue weighted by Gasteiger charge is 2.51. The number of nitrogens with one attached hydrogen (secondary N) is 1. The zero-order valence-corrected chi connectivity index (χ0v) is 36.0. The summed E-state index contributed by atoms with van der Waals surface area (Å²) >= 11 is 6.26. The fraction of sp³-hybridized carbons (Fsp3) is 0.564. The minimum absolute atomic E-state index is 0.0299. The molecule has 2 atom stereocenters. The summed E-state index contributed by atoms with van der Waals surface area (Å²) in [5, 5.41) is 2.12. The second-order valence-electron chi connectivity index (χ2n) is 15.0. The molecule has 0 radical (unpaired) electrons. The van der Waals surface area contributed by atoms with Crippen LogP contribution < -0.4 is 10.2 Å². The predicted molar refractivity (Wildman–Crippen MR) is 212 cm³/mol. The van der Waals surface area contributed by atoms with Gasteiger partial charge in [-0.15, -0.1) is 0 Å². The van der Waals surface area contributed by atoms with Crippen LogP contribution in [0.15, 0.2) is 30.6 Å². The van der Waals surface area contributed by atoms with Gasteiger partial charge < -0.3 is 38.5 Å². The van der Waals surface area contributed by atoms with Crippen LogP contribution in [0.5, 0.6) is 0 Å². The lowest BCUT2D eigenvalue weighted by atomic mass is 9.93. The van der Waals surface area contributed by atoms with Gasteiger partial charge >= 0.3 is 30.1 Å². The van der Waals surface area contributed by atoms with Crippen molar-refractivity contribution in [1.29, 1.82) is 0 Å². The molecule has 0 saturated heterocycles. The summed E-state index contributed by atoms with van der Waals surface area (Å²) in [5.74, 6) is -3.58. The van der Waals surface area contributed by atoms with Crippen LogP contribution >= 0.6 is 11.6 Å². The number of amides is 3. The molecule has 0 fully saturated rings. The standard InChI is InChI=1S/C39H52ClFN6O13/c1-11-56-32(50)39(33(51)57-12-2,20-23-13-15-24(16-14-23)31(49)42-18-17-27(48)55-10)58-21-25(54-9)19-26(41)46-22-43-28-29(46)44-34(40)45-30(28)47(35(52)59-37(3,4)5)36(53)60-38(6,7)8/h13-16,22,25-26H,11-12,17-21H2,1-10H3,(H,42,49). The maximum absolute atomic E-state index is 16.4. The van der Waals surface area contributed by atoms with Crippen molar-refractivity contribution in [1.82, 2.24) is 24.8 Å². The number of aromatic nitrogens is 4. The van der Waals surface area contributed by atoms with Crippen LogP contribution in [0.4, 0.5) is 19.8 Å². The number of ether oxygens (including phenoxy) is 7. The van der Waals surface area contributed by atoms with Crippen molar-refractivity contribution in [3.05, 3.63) is 47.0 Å². The average molecular weight is 867 g/mol. The Bertz CT molecular complexity index is 1950. The third kappa shape index (κ3) is 13.3. The van der Waals surface area contributed by atoms with Gasteiger partial charge in [0.2, 0.25) is 5.28 Å². The van der Waals surface area contributed by atoms with Crippen LogP contribution in [0.25, 0.3) is 11.2 Å². The molecule has 1 N–H and O–H groups in total. The Balaban J connectivity index is 1.95. The van der Waals surface area contributed by atoms with E-state index < -0.39 is 95.8 Å². The van der Waals surface area contributed by atoms with Crippen molar-refractivity contribution in [2.24, 2.45) is 0 Å². The van der Waals surface area contributed by atoms with Crippen molar-refractivity contribution in [2.75, 3.05) is 45.5 Å². The minimum atomic E-state index is -2.40. The minimum Gasteiger partial charge on any atom is -0.469 e. The molecule has 2 heterocycles. The number of hydrogen-bond donors (Lipinski definition) is 1. The third-order valence-corrected chi connectivity index (χ3v) is 8.24. The topological polar surface area (TPSA) is 226 Å². The number of hydrogen-bond acceptors (Lipinski definition) is 16. The second kappa shape index (κ2) is 21.2. The summed E-state index contributed by atoms with van der Waals surface area (Å²) in [6, 6.07) is 5.89. The number of rotatable bonds is 18. The van der Waals surface area contributed by atoms with Crippen molar-refractivity contribution in [2.45, 2.75) is 104 Å². The van der Waals surface area contributed by atoms with Crippen molar-refractivity contribution in [3.8, 4) is 0 Å². The molecule has 0 saturated carbocycles.